The van der Waals surface area contributed by atoms with Crippen molar-refractivity contribution in [1.82, 2.24) is 5.32 Å². The van der Waals surface area contributed by atoms with Gasteiger partial charge in [-0.3, -0.25) is 4.79 Å². The van der Waals surface area contributed by atoms with Crippen LogP contribution in [0.15, 0.2) is 18.2 Å². The Morgan fingerprint density at radius 1 is 1.44 bits per heavy atom. The summed E-state index contributed by atoms with van der Waals surface area (Å²) in [5.41, 5.74) is 7.28. The minimum absolute atomic E-state index is 0.261. The summed E-state index contributed by atoms with van der Waals surface area (Å²) < 4.78 is 4.92. The minimum atomic E-state index is -0.567. The highest BCUT2D eigenvalue weighted by molar-refractivity contribution is 5.96. The third-order valence-electron chi connectivity index (χ3n) is 2.82. The van der Waals surface area contributed by atoms with Gasteiger partial charge in [-0.1, -0.05) is 12.1 Å². The summed E-state index contributed by atoms with van der Waals surface area (Å²) >= 11 is 0. The Bertz CT molecular complexity index is 481. The van der Waals surface area contributed by atoms with E-state index < -0.39 is 5.97 Å². The summed E-state index contributed by atoms with van der Waals surface area (Å²) in [5.74, 6) is -0.834. The van der Waals surface area contributed by atoms with Crippen molar-refractivity contribution in [3.8, 4) is 0 Å². The van der Waals surface area contributed by atoms with Gasteiger partial charge in [0.2, 0.25) is 0 Å². The molecule has 0 unspecified atom stereocenters. The van der Waals surface area contributed by atoms with Crippen molar-refractivity contribution in [2.75, 3.05) is 12.3 Å². The van der Waals surface area contributed by atoms with Crippen molar-refractivity contribution in [2.24, 2.45) is 0 Å². The number of benzene rings is 1. The van der Waals surface area contributed by atoms with Crippen molar-refractivity contribution >= 4 is 17.6 Å². The van der Waals surface area contributed by atoms with E-state index >= 15 is 0 Å². The molecule has 1 saturated carbocycles. The van der Waals surface area contributed by atoms with E-state index in [4.69, 9.17) is 10.5 Å². The normalized spacial score (nSPS) is 14.1. The lowest BCUT2D eigenvalue weighted by atomic mass is 10.1. The lowest BCUT2D eigenvalue weighted by Crippen LogP contribution is -2.30. The van der Waals surface area contributed by atoms with Crippen molar-refractivity contribution in [3.05, 3.63) is 29.3 Å². The number of hydrogen-bond donors (Lipinski definition) is 2. The lowest BCUT2D eigenvalue weighted by molar-refractivity contribution is -0.124. The molecule has 1 amide bonds. The summed E-state index contributed by atoms with van der Waals surface area (Å²) in [6, 6.07) is 5.39. The fraction of sp³-hybridized carbons (Fsp3) is 0.385. The van der Waals surface area contributed by atoms with Crippen molar-refractivity contribution < 1.29 is 14.3 Å². The topological polar surface area (TPSA) is 81.4 Å². The zero-order valence-electron chi connectivity index (χ0n) is 10.2. The van der Waals surface area contributed by atoms with Crippen LogP contribution >= 0.6 is 0 Å². The summed E-state index contributed by atoms with van der Waals surface area (Å²) in [5, 5.41) is 2.74. The molecule has 0 aliphatic heterocycles. The number of carbonyl (C=O) groups is 2. The first kappa shape index (κ1) is 12.4. The number of nitrogens with one attached hydrogen (secondary N) is 1. The Morgan fingerprint density at radius 2 is 2.17 bits per heavy atom. The van der Waals surface area contributed by atoms with Crippen LogP contribution in [0.4, 0.5) is 5.69 Å². The molecule has 1 aliphatic carbocycles. The molecule has 0 aromatic heterocycles. The number of hydrogen-bond acceptors (Lipinski definition) is 4. The Morgan fingerprint density at radius 3 is 2.83 bits per heavy atom. The van der Waals surface area contributed by atoms with E-state index in [9.17, 15) is 9.59 Å². The Kier molecular flexibility index (Phi) is 3.50. The highest BCUT2D eigenvalue weighted by atomic mass is 16.5. The summed E-state index contributed by atoms with van der Waals surface area (Å²) in [6.45, 7) is 1.55. The fourth-order valence-electron chi connectivity index (χ4n) is 1.56. The average Bonchev–Trinajstić information content (AvgIpc) is 3.13. The molecular formula is C13H16N2O3. The van der Waals surface area contributed by atoms with Crippen LogP contribution in [0.3, 0.4) is 0 Å². The zero-order chi connectivity index (χ0) is 13.1. The van der Waals surface area contributed by atoms with E-state index in [1.54, 1.807) is 12.1 Å². The Hall–Kier alpha value is -2.04. The second-order valence-corrected chi connectivity index (χ2v) is 4.45. The maximum absolute atomic E-state index is 11.7. The molecule has 0 heterocycles. The summed E-state index contributed by atoms with van der Waals surface area (Å²) in [4.78, 5) is 23.1. The van der Waals surface area contributed by atoms with Crippen LogP contribution in [0.2, 0.25) is 0 Å². The molecule has 1 aliphatic rings. The zero-order valence-corrected chi connectivity index (χ0v) is 10.2. The van der Waals surface area contributed by atoms with E-state index in [2.05, 4.69) is 5.32 Å². The number of nitrogen functional groups attached to an aromatic ring is 1. The molecule has 1 aromatic carbocycles. The van der Waals surface area contributed by atoms with Gasteiger partial charge < -0.3 is 15.8 Å². The standard InChI is InChI=1S/C13H16N2O3/c1-8-3-2-4-10(12(8)14)13(17)18-7-11(16)15-9-5-6-9/h2-4,9H,5-7,14H2,1H3,(H,15,16). The maximum Gasteiger partial charge on any atom is 0.340 e. The molecule has 96 valence electrons. The maximum atomic E-state index is 11.7. The van der Waals surface area contributed by atoms with E-state index in [-0.39, 0.29) is 18.6 Å². The monoisotopic (exact) mass is 248 g/mol. The van der Waals surface area contributed by atoms with Crippen LogP contribution in [0.5, 0.6) is 0 Å². The highest BCUT2D eigenvalue weighted by Crippen LogP contribution is 2.19. The third-order valence-corrected chi connectivity index (χ3v) is 2.82. The predicted octanol–water partition coefficient (Wildman–Crippen LogP) is 1.01. The van der Waals surface area contributed by atoms with Gasteiger partial charge in [0.1, 0.15) is 0 Å². The lowest BCUT2D eigenvalue weighted by Gasteiger charge is -2.08. The van der Waals surface area contributed by atoms with Gasteiger partial charge in [0.25, 0.3) is 5.91 Å². The van der Waals surface area contributed by atoms with Gasteiger partial charge in [-0.15, -0.1) is 0 Å². The predicted molar refractivity (Wildman–Crippen MR) is 67.0 cm³/mol. The second-order valence-electron chi connectivity index (χ2n) is 4.45. The quantitative estimate of drug-likeness (QED) is 0.615. The summed E-state index contributed by atoms with van der Waals surface area (Å²) in [6.07, 6.45) is 2.01. The summed E-state index contributed by atoms with van der Waals surface area (Å²) in [7, 11) is 0. The van der Waals surface area contributed by atoms with Crippen molar-refractivity contribution in [3.63, 3.8) is 0 Å². The first-order valence-electron chi connectivity index (χ1n) is 5.89. The van der Waals surface area contributed by atoms with Gasteiger partial charge in [0.15, 0.2) is 6.61 Å². The number of amides is 1. The number of carbonyl (C=O) groups excluding carboxylic acids is 2. The van der Waals surface area contributed by atoms with E-state index in [1.807, 2.05) is 13.0 Å². The second kappa shape index (κ2) is 5.08. The average molecular weight is 248 g/mol. The molecule has 5 heteroatoms. The van der Waals surface area contributed by atoms with Gasteiger partial charge in [-0.2, -0.15) is 0 Å². The molecule has 0 spiro atoms. The molecule has 0 bridgehead atoms. The SMILES string of the molecule is Cc1cccc(C(=O)OCC(=O)NC2CC2)c1N. The number of ether oxygens (including phenoxy) is 1. The van der Waals surface area contributed by atoms with Crippen LogP contribution in [-0.2, 0) is 9.53 Å². The van der Waals surface area contributed by atoms with E-state index in [0.717, 1.165) is 18.4 Å². The molecule has 0 atom stereocenters. The molecule has 3 N–H and O–H groups in total. The molecule has 2 rings (SSSR count). The van der Waals surface area contributed by atoms with Gasteiger partial charge in [-0.05, 0) is 31.4 Å². The Labute approximate surface area is 105 Å². The molecule has 1 fully saturated rings. The van der Waals surface area contributed by atoms with Crippen LogP contribution in [0.1, 0.15) is 28.8 Å². The molecule has 18 heavy (non-hydrogen) atoms. The number of rotatable bonds is 4. The third kappa shape index (κ3) is 3.00. The number of nitrogens with two attached hydrogens (primary N) is 1. The van der Waals surface area contributed by atoms with Gasteiger partial charge in [0.05, 0.1) is 5.56 Å². The number of aryl methyl sites for hydroxylation is 1. The Balaban J connectivity index is 1.90. The van der Waals surface area contributed by atoms with Gasteiger partial charge >= 0.3 is 5.97 Å². The van der Waals surface area contributed by atoms with Gasteiger partial charge in [-0.25, -0.2) is 4.79 Å². The first-order chi connectivity index (χ1) is 8.58. The minimum Gasteiger partial charge on any atom is -0.452 e. The van der Waals surface area contributed by atoms with Crippen LogP contribution < -0.4 is 11.1 Å². The largest absolute Gasteiger partial charge is 0.452 e. The molecule has 1 aromatic rings. The fourth-order valence-corrected chi connectivity index (χ4v) is 1.56. The van der Waals surface area contributed by atoms with E-state index in [1.165, 1.54) is 0 Å². The number of anilines is 1. The van der Waals surface area contributed by atoms with Crippen molar-refractivity contribution in [2.45, 2.75) is 25.8 Å². The molecule has 5 nitrogen and oxygen atoms in total. The molecular weight excluding hydrogens is 232 g/mol. The molecule has 0 radical (unpaired) electrons. The van der Waals surface area contributed by atoms with Gasteiger partial charge in [0, 0.05) is 11.7 Å². The van der Waals surface area contributed by atoms with Crippen molar-refractivity contribution in [1.29, 1.82) is 0 Å². The van der Waals surface area contributed by atoms with Crippen LogP contribution in [0, 0.1) is 6.92 Å². The van der Waals surface area contributed by atoms with E-state index in [0.29, 0.717) is 11.3 Å². The van der Waals surface area contributed by atoms with Crippen LogP contribution in [-0.4, -0.2) is 24.5 Å². The molecule has 0 saturated heterocycles. The highest BCUT2D eigenvalue weighted by Gasteiger charge is 2.23. The number of para-hydroxylation sites is 1. The smallest absolute Gasteiger partial charge is 0.340 e. The van der Waals surface area contributed by atoms with Crippen LogP contribution in [0.25, 0.3) is 0 Å². The first-order valence-corrected chi connectivity index (χ1v) is 5.89. The number of esters is 1.